The summed E-state index contributed by atoms with van der Waals surface area (Å²) in [4.78, 5) is 28.7. The van der Waals surface area contributed by atoms with Gasteiger partial charge in [-0.2, -0.15) is 11.3 Å². The molecule has 3 aromatic rings. The monoisotopic (exact) mass is 387 g/mol. The molecule has 8 heteroatoms. The van der Waals surface area contributed by atoms with Gasteiger partial charge in [0.2, 0.25) is 0 Å². The second-order valence-corrected chi connectivity index (χ2v) is 7.22. The Balaban J connectivity index is 1.61. The van der Waals surface area contributed by atoms with E-state index in [1.54, 1.807) is 23.5 Å². The van der Waals surface area contributed by atoms with Gasteiger partial charge in [-0.25, -0.2) is 9.78 Å². The van der Waals surface area contributed by atoms with Gasteiger partial charge in [0, 0.05) is 23.2 Å². The van der Waals surface area contributed by atoms with Gasteiger partial charge in [-0.3, -0.25) is 10.1 Å². The molecule has 2 aromatic heterocycles. The number of methoxy groups -OCH3 is 1. The molecule has 0 fully saturated rings. The first-order valence-corrected chi connectivity index (χ1v) is 9.55. The number of ether oxygens (including phenoxy) is 1. The van der Waals surface area contributed by atoms with Crippen LogP contribution in [0.2, 0.25) is 0 Å². The number of thiazole rings is 1. The Morgan fingerprint density at radius 1 is 1.19 bits per heavy atom. The molecule has 3 rings (SSSR count). The number of nitrogens with one attached hydrogen (secondary N) is 2. The number of aryl methyl sites for hydroxylation is 1. The van der Waals surface area contributed by atoms with Crippen LogP contribution in [0.1, 0.15) is 20.9 Å². The number of carbonyl (C=O) groups excluding carboxylic acids is 2. The van der Waals surface area contributed by atoms with Gasteiger partial charge in [0.25, 0.3) is 5.91 Å². The molecule has 0 saturated heterocycles. The van der Waals surface area contributed by atoms with Crippen molar-refractivity contribution in [1.29, 1.82) is 0 Å². The number of benzene rings is 1. The molecule has 0 aliphatic rings. The maximum Gasteiger partial charge on any atom is 0.411 e. The highest BCUT2D eigenvalue weighted by Gasteiger charge is 2.16. The van der Waals surface area contributed by atoms with E-state index in [9.17, 15) is 9.59 Å². The molecule has 0 aliphatic carbocycles. The fourth-order valence-corrected chi connectivity index (χ4v) is 3.95. The Morgan fingerprint density at radius 2 is 1.96 bits per heavy atom. The van der Waals surface area contributed by atoms with Gasteiger partial charge in [-0.1, -0.05) is 12.1 Å². The summed E-state index contributed by atoms with van der Waals surface area (Å²) in [5, 5.41) is 10.3. The van der Waals surface area contributed by atoms with Gasteiger partial charge < -0.3 is 10.1 Å². The Labute approximate surface area is 158 Å². The molecule has 1 aromatic carbocycles. The Hall–Kier alpha value is -2.71. The summed E-state index contributed by atoms with van der Waals surface area (Å²) in [7, 11) is 1.31. The zero-order valence-electron chi connectivity index (χ0n) is 14.2. The van der Waals surface area contributed by atoms with Gasteiger partial charge >= 0.3 is 6.09 Å². The SMILES string of the molecule is COC(=O)Nc1ccc(CNC(=O)c2sc(-c3ccsc3)nc2C)cc1. The minimum Gasteiger partial charge on any atom is -0.453 e. The minimum absolute atomic E-state index is 0.141. The second kappa shape index (κ2) is 8.11. The van der Waals surface area contributed by atoms with E-state index in [2.05, 4.69) is 20.4 Å². The van der Waals surface area contributed by atoms with E-state index < -0.39 is 6.09 Å². The fraction of sp³-hybridized carbons (Fsp3) is 0.167. The first kappa shape index (κ1) is 18.1. The van der Waals surface area contributed by atoms with Crippen molar-refractivity contribution in [2.45, 2.75) is 13.5 Å². The van der Waals surface area contributed by atoms with Crippen LogP contribution in [-0.4, -0.2) is 24.1 Å². The van der Waals surface area contributed by atoms with Crippen LogP contribution >= 0.6 is 22.7 Å². The number of anilines is 1. The first-order valence-electron chi connectivity index (χ1n) is 7.79. The quantitative estimate of drug-likeness (QED) is 0.684. The number of nitrogens with zero attached hydrogens (tertiary/aromatic N) is 1. The normalized spacial score (nSPS) is 10.4. The van der Waals surface area contributed by atoms with Crippen molar-refractivity contribution in [2.75, 3.05) is 12.4 Å². The summed E-state index contributed by atoms with van der Waals surface area (Å²) in [6, 6.07) is 9.17. The van der Waals surface area contributed by atoms with Crippen molar-refractivity contribution in [3.05, 3.63) is 57.2 Å². The Morgan fingerprint density at radius 3 is 2.62 bits per heavy atom. The number of hydrogen-bond acceptors (Lipinski definition) is 6. The van der Waals surface area contributed by atoms with E-state index in [1.165, 1.54) is 18.4 Å². The maximum atomic E-state index is 12.5. The van der Waals surface area contributed by atoms with E-state index in [-0.39, 0.29) is 5.91 Å². The molecule has 2 heterocycles. The second-order valence-electron chi connectivity index (χ2n) is 5.44. The molecule has 26 heavy (non-hydrogen) atoms. The number of aromatic nitrogens is 1. The largest absolute Gasteiger partial charge is 0.453 e. The van der Waals surface area contributed by atoms with E-state index in [4.69, 9.17) is 0 Å². The average Bonchev–Trinajstić information content (AvgIpc) is 3.30. The van der Waals surface area contributed by atoms with E-state index in [0.29, 0.717) is 17.1 Å². The van der Waals surface area contributed by atoms with Gasteiger partial charge in [0.1, 0.15) is 9.88 Å². The average molecular weight is 387 g/mol. The van der Waals surface area contributed by atoms with Crippen LogP contribution in [-0.2, 0) is 11.3 Å². The highest BCUT2D eigenvalue weighted by molar-refractivity contribution is 7.17. The lowest BCUT2D eigenvalue weighted by Crippen LogP contribution is -2.22. The maximum absolute atomic E-state index is 12.5. The van der Waals surface area contributed by atoms with Gasteiger partial charge in [0.05, 0.1) is 12.8 Å². The lowest BCUT2D eigenvalue weighted by molar-refractivity contribution is 0.0954. The minimum atomic E-state index is -0.520. The predicted octanol–water partition coefficient (Wildman–Crippen LogP) is 4.29. The van der Waals surface area contributed by atoms with Crippen molar-refractivity contribution in [3.8, 4) is 10.6 Å². The zero-order valence-corrected chi connectivity index (χ0v) is 15.9. The molecule has 2 amide bonds. The molecule has 2 N–H and O–H groups in total. The number of hydrogen-bond donors (Lipinski definition) is 2. The Kier molecular flexibility index (Phi) is 5.65. The predicted molar refractivity (Wildman–Crippen MR) is 104 cm³/mol. The van der Waals surface area contributed by atoms with E-state index in [1.807, 2.05) is 35.9 Å². The molecule has 0 saturated carbocycles. The molecule has 0 unspecified atom stereocenters. The number of thiophene rings is 1. The molecule has 0 radical (unpaired) electrons. The Bertz CT molecular complexity index is 902. The van der Waals surface area contributed by atoms with Gasteiger partial charge in [-0.05, 0) is 36.1 Å². The lowest BCUT2D eigenvalue weighted by Gasteiger charge is -2.07. The van der Waals surface area contributed by atoms with Crippen molar-refractivity contribution in [2.24, 2.45) is 0 Å². The molecule has 0 spiro atoms. The molecule has 0 aliphatic heterocycles. The van der Waals surface area contributed by atoms with Crippen LogP contribution in [0.5, 0.6) is 0 Å². The van der Waals surface area contributed by atoms with Crippen LogP contribution in [0, 0.1) is 6.92 Å². The van der Waals surface area contributed by atoms with Gasteiger partial charge in [0.15, 0.2) is 0 Å². The highest BCUT2D eigenvalue weighted by atomic mass is 32.1. The van der Waals surface area contributed by atoms with Crippen LogP contribution in [0.15, 0.2) is 41.1 Å². The van der Waals surface area contributed by atoms with Crippen molar-refractivity contribution < 1.29 is 14.3 Å². The third kappa shape index (κ3) is 4.27. The van der Waals surface area contributed by atoms with Crippen molar-refractivity contribution >= 4 is 40.4 Å². The number of rotatable bonds is 5. The summed E-state index contributed by atoms with van der Waals surface area (Å²) in [5.41, 5.74) is 3.32. The molecular formula is C18H17N3O3S2. The molecule has 6 nitrogen and oxygen atoms in total. The summed E-state index contributed by atoms with van der Waals surface area (Å²) < 4.78 is 4.54. The standard InChI is InChI=1S/C18H17N3O3S2/c1-11-15(26-17(20-11)13-7-8-25-10-13)16(22)19-9-12-3-5-14(6-4-12)21-18(23)24-2/h3-8,10H,9H2,1-2H3,(H,19,22)(H,21,23). The van der Waals surface area contributed by atoms with Crippen molar-refractivity contribution in [3.63, 3.8) is 0 Å². The first-order chi connectivity index (χ1) is 12.6. The number of amides is 2. The van der Waals surface area contributed by atoms with Crippen LogP contribution in [0.25, 0.3) is 10.6 Å². The molecular weight excluding hydrogens is 370 g/mol. The molecule has 134 valence electrons. The summed E-state index contributed by atoms with van der Waals surface area (Å²) in [5.74, 6) is -0.141. The van der Waals surface area contributed by atoms with Crippen LogP contribution in [0.4, 0.5) is 10.5 Å². The fourth-order valence-electron chi connectivity index (χ4n) is 2.25. The molecule has 0 bridgehead atoms. The van der Waals surface area contributed by atoms with E-state index >= 15 is 0 Å². The zero-order chi connectivity index (χ0) is 18.5. The summed E-state index contributed by atoms with van der Waals surface area (Å²) in [6.07, 6.45) is -0.520. The van der Waals surface area contributed by atoms with Crippen molar-refractivity contribution in [1.82, 2.24) is 10.3 Å². The van der Waals surface area contributed by atoms with E-state index in [0.717, 1.165) is 21.8 Å². The number of carbonyl (C=O) groups is 2. The molecule has 0 atom stereocenters. The summed E-state index contributed by atoms with van der Waals surface area (Å²) in [6.45, 7) is 2.23. The van der Waals surface area contributed by atoms with Gasteiger partial charge in [-0.15, -0.1) is 11.3 Å². The third-order valence-corrected chi connectivity index (χ3v) is 5.50. The van der Waals surface area contributed by atoms with Crippen LogP contribution < -0.4 is 10.6 Å². The third-order valence-electron chi connectivity index (χ3n) is 3.61. The highest BCUT2D eigenvalue weighted by Crippen LogP contribution is 2.29. The lowest BCUT2D eigenvalue weighted by atomic mass is 10.2. The van der Waals surface area contributed by atoms with Crippen LogP contribution in [0.3, 0.4) is 0 Å². The summed E-state index contributed by atoms with van der Waals surface area (Å²) >= 11 is 3.00. The topological polar surface area (TPSA) is 80.3 Å². The smallest absolute Gasteiger partial charge is 0.411 e.